The second kappa shape index (κ2) is 5.99. The number of rotatable bonds is 6. The van der Waals surface area contributed by atoms with E-state index in [-0.39, 0.29) is 5.91 Å². The van der Waals surface area contributed by atoms with Crippen LogP contribution in [-0.2, 0) is 11.3 Å². The van der Waals surface area contributed by atoms with Crippen LogP contribution < -0.4 is 5.32 Å². The number of aryl methyl sites for hydroxylation is 1. The summed E-state index contributed by atoms with van der Waals surface area (Å²) < 4.78 is 7.19. The van der Waals surface area contributed by atoms with Crippen LogP contribution in [0.2, 0.25) is 5.02 Å². The van der Waals surface area contributed by atoms with Crippen LogP contribution in [0.1, 0.15) is 48.9 Å². The summed E-state index contributed by atoms with van der Waals surface area (Å²) in [4.78, 5) is 13.2. The highest BCUT2D eigenvalue weighted by Crippen LogP contribution is 2.81. The Hall–Kier alpha value is -1.56. The molecule has 2 N–H and O–H groups in total. The van der Waals surface area contributed by atoms with E-state index in [4.69, 9.17) is 16.3 Å². The molecular weight excluding hydrogens is 388 g/mol. The molecule has 4 aliphatic rings. The van der Waals surface area contributed by atoms with Crippen molar-refractivity contribution in [2.24, 2.45) is 16.7 Å². The van der Waals surface area contributed by atoms with Crippen molar-refractivity contribution in [1.29, 1.82) is 0 Å². The number of nitrogens with zero attached hydrogens (tertiary/aromatic N) is 1. The van der Waals surface area contributed by atoms with Crippen molar-refractivity contribution < 1.29 is 14.6 Å². The van der Waals surface area contributed by atoms with Crippen LogP contribution in [-0.4, -0.2) is 40.9 Å². The van der Waals surface area contributed by atoms with Gasteiger partial charge in [0, 0.05) is 24.7 Å². The Kier molecular flexibility index (Phi) is 3.77. The summed E-state index contributed by atoms with van der Waals surface area (Å²) >= 11 is 6.50. The van der Waals surface area contributed by atoms with Crippen LogP contribution in [0.15, 0.2) is 24.4 Å². The molecule has 29 heavy (non-hydrogen) atoms. The molecule has 2 heterocycles. The first kappa shape index (κ1) is 18.2. The summed E-state index contributed by atoms with van der Waals surface area (Å²) in [6.07, 6.45) is 9.09. The minimum atomic E-state index is -0.751. The molecule has 5 nitrogen and oxygen atoms in total. The van der Waals surface area contributed by atoms with Gasteiger partial charge >= 0.3 is 0 Å². The van der Waals surface area contributed by atoms with Gasteiger partial charge in [-0.3, -0.25) is 4.79 Å². The van der Waals surface area contributed by atoms with Gasteiger partial charge in [-0.15, -0.1) is 0 Å². The average Bonchev–Trinajstić information content (AvgIpc) is 3.27. The summed E-state index contributed by atoms with van der Waals surface area (Å²) in [7, 11) is 0. The van der Waals surface area contributed by atoms with Crippen molar-refractivity contribution in [1.82, 2.24) is 9.88 Å². The van der Waals surface area contributed by atoms with E-state index in [0.29, 0.717) is 47.6 Å². The van der Waals surface area contributed by atoms with E-state index in [1.54, 1.807) is 0 Å². The number of hydrogen-bond donors (Lipinski definition) is 2. The minimum Gasteiger partial charge on any atom is -0.385 e. The fraction of sp³-hybridized carbons (Fsp3) is 0.609. The third-order valence-electron chi connectivity index (χ3n) is 8.56. The van der Waals surface area contributed by atoms with E-state index in [9.17, 15) is 9.90 Å². The molecule has 3 aliphatic carbocycles. The Morgan fingerprint density at radius 2 is 2.17 bits per heavy atom. The minimum absolute atomic E-state index is 0.0342. The highest BCUT2D eigenvalue weighted by molar-refractivity contribution is 6.36. The third-order valence-corrected chi connectivity index (χ3v) is 8.87. The van der Waals surface area contributed by atoms with E-state index in [2.05, 4.69) is 5.32 Å². The summed E-state index contributed by atoms with van der Waals surface area (Å²) in [6, 6.07) is 5.74. The largest absolute Gasteiger partial charge is 0.385 e. The molecule has 1 aromatic carbocycles. The molecule has 2 aromatic rings. The van der Waals surface area contributed by atoms with E-state index in [0.717, 1.165) is 23.4 Å². The highest BCUT2D eigenvalue weighted by atomic mass is 35.5. The van der Waals surface area contributed by atoms with Crippen molar-refractivity contribution in [3.63, 3.8) is 0 Å². The van der Waals surface area contributed by atoms with Crippen LogP contribution in [0.4, 0.5) is 0 Å². The maximum absolute atomic E-state index is 13.2. The summed E-state index contributed by atoms with van der Waals surface area (Å²) in [5.74, 6) is 0.888. The highest BCUT2D eigenvalue weighted by Gasteiger charge is 2.74. The lowest BCUT2D eigenvalue weighted by Crippen LogP contribution is -2.50. The Labute approximate surface area is 175 Å². The third kappa shape index (κ3) is 2.50. The number of benzene rings is 1. The lowest BCUT2D eigenvalue weighted by molar-refractivity contribution is -0.182. The number of halogens is 1. The Balaban J connectivity index is 1.25. The predicted molar refractivity (Wildman–Crippen MR) is 111 cm³/mol. The quantitative estimate of drug-likeness (QED) is 0.756. The number of aromatic nitrogens is 1. The number of carbonyl (C=O) groups is 1. The summed E-state index contributed by atoms with van der Waals surface area (Å²) in [5.41, 5.74) is 1.73. The Bertz CT molecular complexity index is 1010. The molecular formula is C23H27ClN2O3. The second-order valence-corrected chi connectivity index (χ2v) is 10.3. The molecule has 1 amide bonds. The molecule has 3 atom stereocenters. The molecule has 1 aromatic heterocycles. The molecule has 4 fully saturated rings. The number of aliphatic hydroxyl groups is 1. The standard InChI is InChI=1S/C23H27ClN2O3/c24-17-2-1-3-18-19(17)16(11-26(18)9-8-22(28)13-29-14-22)20(27)25-12-21-5-4-15-10-23(15,21)7-6-21/h1-3,11,15,28H,4-10,12-14H2,(H,25,27). The van der Waals surface area contributed by atoms with Gasteiger partial charge in [0.1, 0.15) is 5.60 Å². The van der Waals surface area contributed by atoms with E-state index >= 15 is 0 Å². The van der Waals surface area contributed by atoms with Gasteiger partial charge < -0.3 is 19.7 Å². The summed E-state index contributed by atoms with van der Waals surface area (Å²) in [6.45, 7) is 2.17. The van der Waals surface area contributed by atoms with Crippen LogP contribution in [0.3, 0.4) is 0 Å². The van der Waals surface area contributed by atoms with Crippen molar-refractivity contribution in [2.45, 2.75) is 50.7 Å². The number of amides is 1. The van der Waals surface area contributed by atoms with Crippen molar-refractivity contribution in [2.75, 3.05) is 19.8 Å². The fourth-order valence-electron chi connectivity index (χ4n) is 6.51. The number of hydrogen-bond acceptors (Lipinski definition) is 3. The molecule has 1 saturated heterocycles. The second-order valence-electron chi connectivity index (χ2n) is 9.90. The van der Waals surface area contributed by atoms with Crippen LogP contribution in [0, 0.1) is 16.7 Å². The fourth-order valence-corrected chi connectivity index (χ4v) is 6.78. The van der Waals surface area contributed by atoms with E-state index in [1.807, 2.05) is 29.0 Å². The zero-order valence-electron chi connectivity index (χ0n) is 16.5. The van der Waals surface area contributed by atoms with Gasteiger partial charge in [0.05, 0.1) is 29.3 Å². The SMILES string of the molecule is O=C(NCC12CCC3CC31CC2)c1cn(CCC2(O)COC2)c2cccc(Cl)c12. The number of ether oxygens (including phenoxy) is 1. The number of fused-ring (bicyclic) bond motifs is 1. The van der Waals surface area contributed by atoms with Gasteiger partial charge in [-0.1, -0.05) is 17.7 Å². The van der Waals surface area contributed by atoms with Crippen molar-refractivity contribution in [3.05, 3.63) is 35.0 Å². The van der Waals surface area contributed by atoms with Gasteiger partial charge in [-0.25, -0.2) is 0 Å². The van der Waals surface area contributed by atoms with E-state index in [1.165, 1.54) is 32.1 Å². The van der Waals surface area contributed by atoms with E-state index < -0.39 is 5.60 Å². The molecule has 1 spiro atoms. The lowest BCUT2D eigenvalue weighted by Gasteiger charge is -2.49. The molecule has 1 aliphatic heterocycles. The normalized spacial score (nSPS) is 33.5. The zero-order chi connectivity index (χ0) is 19.9. The molecule has 0 bridgehead atoms. The molecule has 3 saturated carbocycles. The molecule has 154 valence electrons. The monoisotopic (exact) mass is 414 g/mol. The van der Waals surface area contributed by atoms with Crippen molar-refractivity contribution >= 4 is 28.4 Å². The molecule has 3 unspecified atom stereocenters. The Morgan fingerprint density at radius 1 is 1.31 bits per heavy atom. The lowest BCUT2D eigenvalue weighted by atomic mass is 9.57. The van der Waals surface area contributed by atoms with Crippen LogP contribution >= 0.6 is 11.6 Å². The first-order valence-electron chi connectivity index (χ1n) is 10.8. The van der Waals surface area contributed by atoms with Crippen LogP contribution in [0.25, 0.3) is 10.9 Å². The smallest absolute Gasteiger partial charge is 0.253 e. The van der Waals surface area contributed by atoms with Crippen molar-refractivity contribution in [3.8, 4) is 0 Å². The van der Waals surface area contributed by atoms with Gasteiger partial charge in [-0.2, -0.15) is 0 Å². The van der Waals surface area contributed by atoms with Gasteiger partial charge in [0.2, 0.25) is 0 Å². The molecule has 6 rings (SSSR count). The Morgan fingerprint density at radius 3 is 2.83 bits per heavy atom. The number of nitrogens with one attached hydrogen (secondary N) is 1. The predicted octanol–water partition coefficient (Wildman–Crippen LogP) is 3.76. The van der Waals surface area contributed by atoms with Gasteiger partial charge in [-0.05, 0) is 67.4 Å². The number of carbonyl (C=O) groups excluding carboxylic acids is 1. The topological polar surface area (TPSA) is 63.5 Å². The zero-order valence-corrected chi connectivity index (χ0v) is 17.3. The molecule has 0 radical (unpaired) electrons. The summed E-state index contributed by atoms with van der Waals surface area (Å²) in [5, 5.41) is 15.0. The van der Waals surface area contributed by atoms with Crippen LogP contribution in [0.5, 0.6) is 0 Å². The first-order valence-corrected chi connectivity index (χ1v) is 11.2. The maximum Gasteiger partial charge on any atom is 0.253 e. The average molecular weight is 415 g/mol. The first-order chi connectivity index (χ1) is 14.0. The van der Waals surface area contributed by atoms with Gasteiger partial charge in [0.15, 0.2) is 0 Å². The maximum atomic E-state index is 13.2. The van der Waals surface area contributed by atoms with Gasteiger partial charge in [0.25, 0.3) is 5.91 Å². The molecule has 6 heteroatoms.